The van der Waals surface area contributed by atoms with Crippen molar-refractivity contribution >= 4 is 7.60 Å². The quantitative estimate of drug-likeness (QED) is 0.537. The molecule has 0 amide bonds. The van der Waals surface area contributed by atoms with E-state index in [0.717, 1.165) is 6.42 Å². The standard InChI is InChI=1S/C12H23O4P/c1-5-8-12(9-11(4)10-13)17(14,15-6-2)16-7-3/h13H,5-8,10H2,1-4H3. The fourth-order valence-corrected chi connectivity index (χ4v) is 3.21. The number of aliphatic hydroxyl groups is 1. The van der Waals surface area contributed by atoms with Crippen molar-refractivity contribution < 1.29 is 18.7 Å². The normalized spacial score (nSPS) is 11.1. The first-order valence-corrected chi connectivity index (χ1v) is 7.54. The average molecular weight is 262 g/mol. The maximum atomic E-state index is 12.5. The van der Waals surface area contributed by atoms with E-state index >= 15 is 0 Å². The molecule has 0 heterocycles. The zero-order chi connectivity index (χ0) is 13.3. The number of hydrogen-bond acceptors (Lipinski definition) is 4. The second-order valence-electron chi connectivity index (χ2n) is 3.59. The van der Waals surface area contributed by atoms with E-state index < -0.39 is 7.60 Å². The summed E-state index contributed by atoms with van der Waals surface area (Å²) >= 11 is 0. The Morgan fingerprint density at radius 3 is 2.12 bits per heavy atom. The van der Waals surface area contributed by atoms with Crippen molar-refractivity contribution in [1.82, 2.24) is 0 Å². The molecule has 0 aromatic rings. The van der Waals surface area contributed by atoms with E-state index in [1.807, 2.05) is 6.92 Å². The lowest BCUT2D eigenvalue weighted by Crippen LogP contribution is -1.99. The van der Waals surface area contributed by atoms with Crippen LogP contribution in [0.2, 0.25) is 0 Å². The topological polar surface area (TPSA) is 55.8 Å². The molecular weight excluding hydrogens is 239 g/mol. The van der Waals surface area contributed by atoms with E-state index in [1.54, 1.807) is 20.8 Å². The van der Waals surface area contributed by atoms with Gasteiger partial charge in [0, 0.05) is 0 Å². The summed E-state index contributed by atoms with van der Waals surface area (Å²) in [6.45, 7) is 7.81. The molecule has 0 aromatic heterocycles. The van der Waals surface area contributed by atoms with Gasteiger partial charge >= 0.3 is 7.60 Å². The lowest BCUT2D eigenvalue weighted by Gasteiger charge is -2.18. The number of aliphatic hydroxyl groups excluding tert-OH is 1. The van der Waals surface area contributed by atoms with Crippen LogP contribution in [0.25, 0.3) is 0 Å². The molecule has 0 saturated carbocycles. The summed E-state index contributed by atoms with van der Waals surface area (Å²) in [7, 11) is -3.24. The maximum Gasteiger partial charge on any atom is 0.364 e. The van der Waals surface area contributed by atoms with E-state index in [-0.39, 0.29) is 6.61 Å². The SMILES string of the molecule is CCCC(=C=C(C)CO)P(=O)(OCC)OCC. The van der Waals surface area contributed by atoms with Crippen LogP contribution in [0.15, 0.2) is 16.6 Å². The van der Waals surface area contributed by atoms with Crippen molar-refractivity contribution in [3.8, 4) is 0 Å². The predicted octanol–water partition coefficient (Wildman–Crippen LogP) is 3.47. The summed E-state index contributed by atoms with van der Waals surface area (Å²) < 4.78 is 23.1. The first-order chi connectivity index (χ1) is 8.03. The van der Waals surface area contributed by atoms with Crippen molar-refractivity contribution in [2.45, 2.75) is 40.5 Å². The summed E-state index contributed by atoms with van der Waals surface area (Å²) in [6.07, 6.45) is 1.42. The molecule has 0 fully saturated rings. The molecule has 0 spiro atoms. The molecule has 0 aliphatic heterocycles. The molecule has 0 rings (SSSR count). The predicted molar refractivity (Wildman–Crippen MR) is 69.1 cm³/mol. The van der Waals surface area contributed by atoms with Gasteiger partial charge in [-0.15, -0.1) is 5.73 Å². The van der Waals surface area contributed by atoms with Gasteiger partial charge in [0.15, 0.2) is 0 Å². The van der Waals surface area contributed by atoms with E-state index in [0.29, 0.717) is 30.5 Å². The van der Waals surface area contributed by atoms with E-state index in [4.69, 9.17) is 14.2 Å². The Labute approximate surface area is 104 Å². The molecule has 0 unspecified atom stereocenters. The monoisotopic (exact) mass is 262 g/mol. The first-order valence-electron chi connectivity index (χ1n) is 5.99. The Kier molecular flexibility index (Phi) is 8.49. The van der Waals surface area contributed by atoms with E-state index in [9.17, 15) is 4.57 Å². The van der Waals surface area contributed by atoms with Gasteiger partial charge < -0.3 is 14.2 Å². The van der Waals surface area contributed by atoms with Crippen LogP contribution in [0.4, 0.5) is 0 Å². The molecule has 0 atom stereocenters. The molecule has 5 heteroatoms. The number of hydrogen-bond donors (Lipinski definition) is 1. The molecule has 1 N–H and O–H groups in total. The molecule has 0 aliphatic rings. The summed E-state index contributed by atoms with van der Waals surface area (Å²) in [5, 5.41) is 9.52. The van der Waals surface area contributed by atoms with Gasteiger partial charge in [0.05, 0.1) is 25.1 Å². The largest absolute Gasteiger partial charge is 0.391 e. The van der Waals surface area contributed by atoms with Crippen LogP contribution in [-0.4, -0.2) is 24.9 Å². The molecular formula is C12H23O4P. The van der Waals surface area contributed by atoms with Crippen LogP contribution in [0.1, 0.15) is 40.5 Å². The van der Waals surface area contributed by atoms with Gasteiger partial charge in [0.2, 0.25) is 0 Å². The molecule has 0 aliphatic carbocycles. The minimum Gasteiger partial charge on any atom is -0.391 e. The van der Waals surface area contributed by atoms with Gasteiger partial charge in [-0.1, -0.05) is 13.3 Å². The maximum absolute atomic E-state index is 12.5. The summed E-state index contributed by atoms with van der Waals surface area (Å²) in [5.41, 5.74) is 3.58. The second kappa shape index (κ2) is 8.68. The average Bonchev–Trinajstić information content (AvgIpc) is 2.29. The smallest absolute Gasteiger partial charge is 0.364 e. The molecule has 4 nitrogen and oxygen atoms in total. The van der Waals surface area contributed by atoms with Crippen molar-refractivity contribution in [1.29, 1.82) is 0 Å². The van der Waals surface area contributed by atoms with Gasteiger partial charge in [-0.2, -0.15) is 0 Å². The van der Waals surface area contributed by atoms with Crippen molar-refractivity contribution in [3.05, 3.63) is 16.6 Å². The Bertz CT molecular complexity index is 319. The highest BCUT2D eigenvalue weighted by atomic mass is 31.2. The van der Waals surface area contributed by atoms with Crippen LogP contribution in [-0.2, 0) is 13.6 Å². The number of rotatable bonds is 8. The Balaban J connectivity index is 5.39. The lowest BCUT2D eigenvalue weighted by molar-refractivity contribution is 0.225. The van der Waals surface area contributed by atoms with Gasteiger partial charge in [0.1, 0.15) is 0 Å². The highest BCUT2D eigenvalue weighted by molar-refractivity contribution is 7.58. The van der Waals surface area contributed by atoms with Gasteiger partial charge in [0.25, 0.3) is 0 Å². The minimum atomic E-state index is -3.24. The third kappa shape index (κ3) is 5.67. The fraction of sp³-hybridized carbons (Fsp3) is 0.750. The zero-order valence-electron chi connectivity index (χ0n) is 11.2. The highest BCUT2D eigenvalue weighted by Crippen LogP contribution is 2.57. The van der Waals surface area contributed by atoms with Gasteiger partial charge in [-0.25, -0.2) is 0 Å². The van der Waals surface area contributed by atoms with Crippen LogP contribution in [0.3, 0.4) is 0 Å². The Hall–Kier alpha value is -0.370. The Morgan fingerprint density at radius 2 is 1.76 bits per heavy atom. The third-order valence-corrected chi connectivity index (χ3v) is 4.20. The van der Waals surface area contributed by atoms with Crippen LogP contribution >= 0.6 is 7.60 Å². The highest BCUT2D eigenvalue weighted by Gasteiger charge is 2.28. The zero-order valence-corrected chi connectivity index (χ0v) is 12.0. The van der Waals surface area contributed by atoms with Crippen LogP contribution < -0.4 is 0 Å². The summed E-state index contributed by atoms with van der Waals surface area (Å²) in [5.74, 6) is 0. The van der Waals surface area contributed by atoms with E-state index in [1.165, 1.54) is 0 Å². The summed E-state index contributed by atoms with van der Waals surface area (Å²) in [4.78, 5) is 0. The molecule has 100 valence electrons. The van der Waals surface area contributed by atoms with Crippen LogP contribution in [0.5, 0.6) is 0 Å². The lowest BCUT2D eigenvalue weighted by atomic mass is 10.3. The third-order valence-electron chi connectivity index (χ3n) is 2.01. The molecule has 0 radical (unpaired) electrons. The first kappa shape index (κ1) is 16.6. The molecule has 17 heavy (non-hydrogen) atoms. The van der Waals surface area contributed by atoms with Crippen LogP contribution in [0, 0.1) is 0 Å². The second-order valence-corrected chi connectivity index (χ2v) is 5.64. The molecule has 0 saturated heterocycles. The van der Waals surface area contributed by atoms with E-state index in [2.05, 4.69) is 5.73 Å². The Morgan fingerprint density at radius 1 is 1.24 bits per heavy atom. The van der Waals surface area contributed by atoms with Gasteiger partial charge in [-0.3, -0.25) is 4.57 Å². The molecule has 0 aromatic carbocycles. The van der Waals surface area contributed by atoms with Crippen molar-refractivity contribution in [2.75, 3.05) is 19.8 Å². The minimum absolute atomic E-state index is 0.106. The molecule has 0 bridgehead atoms. The van der Waals surface area contributed by atoms with Crippen molar-refractivity contribution in [3.63, 3.8) is 0 Å². The van der Waals surface area contributed by atoms with Crippen molar-refractivity contribution in [2.24, 2.45) is 0 Å². The fourth-order valence-electron chi connectivity index (χ4n) is 1.32. The van der Waals surface area contributed by atoms with Gasteiger partial charge in [-0.05, 0) is 32.8 Å². The summed E-state index contributed by atoms with van der Waals surface area (Å²) in [6, 6.07) is 0.